The van der Waals surface area contributed by atoms with Gasteiger partial charge in [-0.2, -0.15) is 0 Å². The van der Waals surface area contributed by atoms with Crippen LogP contribution in [0.25, 0.3) is 0 Å². The predicted molar refractivity (Wildman–Crippen MR) is 119 cm³/mol. The molecule has 1 aromatic heterocycles. The summed E-state index contributed by atoms with van der Waals surface area (Å²) in [5, 5.41) is 13.4. The van der Waals surface area contributed by atoms with Crippen LogP contribution in [0, 0.1) is 29.6 Å². The fraction of sp³-hybridized carbons (Fsp3) is 0.625. The summed E-state index contributed by atoms with van der Waals surface area (Å²) in [6, 6.07) is 0. The summed E-state index contributed by atoms with van der Waals surface area (Å²) in [5.74, 6) is -2.44. The maximum absolute atomic E-state index is 13.4. The quantitative estimate of drug-likeness (QED) is 0.507. The van der Waals surface area contributed by atoms with E-state index in [1.807, 2.05) is 13.8 Å². The number of carboxylic acid groups (broad SMARTS) is 1. The molecular formula is C24H31NO5S. The Morgan fingerprint density at radius 1 is 1.13 bits per heavy atom. The minimum Gasteiger partial charge on any atom is -0.481 e. The van der Waals surface area contributed by atoms with Gasteiger partial charge in [-0.05, 0) is 69.3 Å². The zero-order valence-electron chi connectivity index (χ0n) is 18.6. The minimum absolute atomic E-state index is 0.0308. The lowest BCUT2D eigenvalue weighted by molar-refractivity contribution is -0.148. The molecule has 5 atom stereocenters. The molecular weight excluding hydrogens is 414 g/mol. The highest BCUT2D eigenvalue weighted by molar-refractivity contribution is 7.17. The Labute approximate surface area is 187 Å². The Morgan fingerprint density at radius 3 is 2.39 bits per heavy atom. The van der Waals surface area contributed by atoms with Crippen LogP contribution in [0.3, 0.4) is 0 Å². The first kappa shape index (κ1) is 22.1. The van der Waals surface area contributed by atoms with Gasteiger partial charge in [0.1, 0.15) is 5.00 Å². The van der Waals surface area contributed by atoms with Crippen LogP contribution in [0.4, 0.5) is 5.00 Å². The van der Waals surface area contributed by atoms with Crippen molar-refractivity contribution in [3.8, 4) is 0 Å². The third kappa shape index (κ3) is 3.60. The minimum atomic E-state index is -0.907. The van der Waals surface area contributed by atoms with Crippen LogP contribution in [-0.2, 0) is 27.2 Å². The monoisotopic (exact) mass is 445 g/mol. The Bertz CT molecular complexity index is 957. The number of aliphatic carboxylic acids is 1. The molecule has 2 saturated carbocycles. The van der Waals surface area contributed by atoms with Crippen molar-refractivity contribution in [1.29, 1.82) is 0 Å². The van der Waals surface area contributed by atoms with E-state index in [9.17, 15) is 19.5 Å². The number of amides is 1. The second-order valence-electron chi connectivity index (χ2n) is 9.34. The number of methoxy groups -OCH3 is 1. The van der Waals surface area contributed by atoms with Gasteiger partial charge in [-0.1, -0.05) is 24.5 Å². The highest BCUT2D eigenvalue weighted by Gasteiger charge is 2.57. The molecule has 7 heteroatoms. The highest BCUT2D eigenvalue weighted by Crippen LogP contribution is 2.57. The molecule has 0 spiro atoms. The number of carboxylic acids is 1. The molecule has 0 unspecified atom stereocenters. The molecule has 4 rings (SSSR count). The number of esters is 1. The molecule has 168 valence electrons. The van der Waals surface area contributed by atoms with E-state index in [1.165, 1.54) is 18.4 Å². The maximum atomic E-state index is 13.4. The lowest BCUT2D eigenvalue weighted by Gasteiger charge is -2.26. The van der Waals surface area contributed by atoms with E-state index in [0.29, 0.717) is 16.5 Å². The van der Waals surface area contributed by atoms with E-state index >= 15 is 0 Å². The van der Waals surface area contributed by atoms with Crippen LogP contribution in [0.1, 0.15) is 67.3 Å². The zero-order chi connectivity index (χ0) is 22.4. The molecule has 31 heavy (non-hydrogen) atoms. The van der Waals surface area contributed by atoms with E-state index < -0.39 is 23.8 Å². The molecule has 3 aliphatic carbocycles. The predicted octanol–water partition coefficient (Wildman–Crippen LogP) is 4.68. The van der Waals surface area contributed by atoms with Crippen molar-refractivity contribution in [2.45, 2.75) is 59.3 Å². The molecule has 2 N–H and O–H groups in total. The van der Waals surface area contributed by atoms with Crippen molar-refractivity contribution in [3.05, 3.63) is 27.2 Å². The summed E-state index contributed by atoms with van der Waals surface area (Å²) < 4.78 is 5.03. The summed E-state index contributed by atoms with van der Waals surface area (Å²) in [7, 11) is 1.35. The Balaban J connectivity index is 1.67. The van der Waals surface area contributed by atoms with Crippen molar-refractivity contribution in [1.82, 2.24) is 0 Å². The lowest BCUT2D eigenvalue weighted by Crippen LogP contribution is -2.38. The number of fused-ring (bicyclic) bond motifs is 3. The molecule has 1 heterocycles. The molecule has 2 bridgehead atoms. The molecule has 0 radical (unpaired) electrons. The Hall–Kier alpha value is -2.15. The fourth-order valence-electron chi connectivity index (χ4n) is 6.21. The van der Waals surface area contributed by atoms with E-state index in [1.54, 1.807) is 0 Å². The van der Waals surface area contributed by atoms with Gasteiger partial charge in [-0.25, -0.2) is 4.79 Å². The first-order valence-electron chi connectivity index (χ1n) is 11.2. The average Bonchev–Trinajstić information content (AvgIpc) is 3.41. The smallest absolute Gasteiger partial charge is 0.341 e. The van der Waals surface area contributed by atoms with Gasteiger partial charge in [0.05, 0.1) is 24.5 Å². The highest BCUT2D eigenvalue weighted by atomic mass is 32.1. The average molecular weight is 446 g/mol. The van der Waals surface area contributed by atoms with E-state index in [-0.39, 0.29) is 17.7 Å². The van der Waals surface area contributed by atoms with Crippen molar-refractivity contribution >= 4 is 34.2 Å². The van der Waals surface area contributed by atoms with Crippen molar-refractivity contribution < 1.29 is 24.2 Å². The molecule has 6 nitrogen and oxygen atoms in total. The normalized spacial score (nSPS) is 28.9. The van der Waals surface area contributed by atoms with Crippen LogP contribution in [0.15, 0.2) is 11.1 Å². The van der Waals surface area contributed by atoms with Gasteiger partial charge in [0.25, 0.3) is 0 Å². The van der Waals surface area contributed by atoms with Gasteiger partial charge in [0.2, 0.25) is 5.91 Å². The number of ether oxygens (including phenoxy) is 1. The van der Waals surface area contributed by atoms with Crippen molar-refractivity contribution in [3.63, 3.8) is 0 Å². The third-order valence-electron chi connectivity index (χ3n) is 7.58. The number of carbonyl (C=O) groups excluding carboxylic acids is 2. The first-order chi connectivity index (χ1) is 14.8. The van der Waals surface area contributed by atoms with Crippen molar-refractivity contribution in [2.75, 3.05) is 12.4 Å². The van der Waals surface area contributed by atoms with Gasteiger partial charge >= 0.3 is 11.9 Å². The fourth-order valence-corrected chi connectivity index (χ4v) is 7.56. The number of anilines is 1. The summed E-state index contributed by atoms with van der Waals surface area (Å²) in [5.41, 5.74) is 3.73. The molecule has 2 fully saturated rings. The van der Waals surface area contributed by atoms with E-state index in [4.69, 9.17) is 4.74 Å². The molecule has 3 aliphatic rings. The standard InChI is InChI=1S/C24H31NO5S/c1-5-12-6-7-13-16(10-12)31-22(20(13)24(29)30-4)25-21(26)18-14-8-9-15(17(14)11(2)3)19(18)23(27)28/h12,14-15,18-19H,5-10H2,1-4H3,(H,25,26)(H,27,28)/t12-,14-,15-,18-,19+/m1/s1. The van der Waals surface area contributed by atoms with Crippen LogP contribution in [-0.4, -0.2) is 30.1 Å². The summed E-state index contributed by atoms with van der Waals surface area (Å²) in [4.78, 5) is 39.3. The molecule has 1 aromatic rings. The molecule has 0 aromatic carbocycles. The zero-order valence-corrected chi connectivity index (χ0v) is 19.4. The van der Waals surface area contributed by atoms with E-state index in [2.05, 4.69) is 12.2 Å². The topological polar surface area (TPSA) is 92.7 Å². The summed E-state index contributed by atoms with van der Waals surface area (Å²) in [6.45, 7) is 6.19. The number of thiophene rings is 1. The number of nitrogens with one attached hydrogen (secondary N) is 1. The van der Waals surface area contributed by atoms with Gasteiger partial charge in [-0.15, -0.1) is 11.3 Å². The number of carbonyl (C=O) groups is 3. The Morgan fingerprint density at radius 2 is 1.81 bits per heavy atom. The first-order valence-corrected chi connectivity index (χ1v) is 12.0. The van der Waals surface area contributed by atoms with Gasteiger partial charge < -0.3 is 15.2 Å². The summed E-state index contributed by atoms with van der Waals surface area (Å²) >= 11 is 1.46. The van der Waals surface area contributed by atoms with Crippen LogP contribution in [0.5, 0.6) is 0 Å². The Kier molecular flexibility index (Phi) is 5.99. The SMILES string of the molecule is CC[C@@H]1CCc2c(sc(NC(=O)[C@H]3[C@@H](C(=O)O)[C@@H]4CC[C@@H]3C4=C(C)C)c2C(=O)OC)C1. The number of allylic oxidation sites excluding steroid dienone is 2. The number of rotatable bonds is 5. The van der Waals surface area contributed by atoms with Crippen molar-refractivity contribution in [2.24, 2.45) is 29.6 Å². The molecule has 0 aliphatic heterocycles. The van der Waals surface area contributed by atoms with Crippen LogP contribution < -0.4 is 5.32 Å². The molecule has 0 saturated heterocycles. The van der Waals surface area contributed by atoms with Crippen LogP contribution >= 0.6 is 11.3 Å². The van der Waals surface area contributed by atoms with Crippen LogP contribution in [0.2, 0.25) is 0 Å². The van der Waals surface area contributed by atoms with Gasteiger partial charge in [0, 0.05) is 4.88 Å². The summed E-state index contributed by atoms with van der Waals surface area (Å²) in [6.07, 6.45) is 5.49. The molecule has 1 amide bonds. The third-order valence-corrected chi connectivity index (χ3v) is 8.75. The second-order valence-corrected chi connectivity index (χ2v) is 10.4. The van der Waals surface area contributed by atoms with E-state index in [0.717, 1.165) is 60.1 Å². The van der Waals surface area contributed by atoms with Gasteiger partial charge in [0.15, 0.2) is 0 Å². The lowest BCUT2D eigenvalue weighted by atomic mass is 9.78. The number of hydrogen-bond donors (Lipinski definition) is 2. The van der Waals surface area contributed by atoms with Gasteiger partial charge in [-0.3, -0.25) is 9.59 Å². The largest absolute Gasteiger partial charge is 0.481 e. The second kappa shape index (κ2) is 8.41. The number of hydrogen-bond acceptors (Lipinski definition) is 5. The maximum Gasteiger partial charge on any atom is 0.341 e.